The third-order valence-corrected chi connectivity index (χ3v) is 4.16. The van der Waals surface area contributed by atoms with Crippen molar-refractivity contribution in [3.63, 3.8) is 0 Å². The number of carbonyl (C=O) groups is 1. The Morgan fingerprint density at radius 2 is 1.86 bits per heavy atom. The molecule has 3 aromatic rings. The molecule has 0 aliphatic heterocycles. The Morgan fingerprint density at radius 3 is 2.45 bits per heavy atom. The average molecular weight is 409 g/mol. The van der Waals surface area contributed by atoms with Gasteiger partial charge >= 0.3 is 18.0 Å². The Kier molecular flexibility index (Phi) is 5.06. The van der Waals surface area contributed by atoms with Gasteiger partial charge in [-0.25, -0.2) is 14.2 Å². The number of benzene rings is 1. The summed E-state index contributed by atoms with van der Waals surface area (Å²) in [5, 5.41) is 19.6. The molecule has 0 saturated heterocycles. The summed E-state index contributed by atoms with van der Waals surface area (Å²) < 4.78 is 42.7. The second-order valence-electron chi connectivity index (χ2n) is 5.99. The van der Waals surface area contributed by atoms with E-state index in [9.17, 15) is 33.0 Å². The van der Waals surface area contributed by atoms with Crippen LogP contribution in [0.3, 0.4) is 0 Å². The third kappa shape index (κ3) is 4.08. The van der Waals surface area contributed by atoms with Gasteiger partial charge in [0.1, 0.15) is 5.75 Å². The molecule has 0 unspecified atom stereocenters. The normalized spacial score (nSPS) is 11.4. The van der Waals surface area contributed by atoms with Crippen molar-refractivity contribution >= 4 is 5.97 Å². The number of halogens is 3. The molecule has 2 N–H and O–H groups in total. The first-order valence-corrected chi connectivity index (χ1v) is 8.12. The molecule has 1 aromatic carbocycles. The summed E-state index contributed by atoms with van der Waals surface area (Å²) in [4.78, 5) is 27.9. The molecule has 0 atom stereocenters. The number of hydrogen-bond donors (Lipinski definition) is 2. The number of ether oxygens (including phenoxy) is 1. The molecule has 152 valence electrons. The van der Waals surface area contributed by atoms with E-state index in [2.05, 4.69) is 9.72 Å². The minimum atomic E-state index is -4.85. The lowest BCUT2D eigenvalue weighted by Crippen LogP contribution is -2.25. The first-order chi connectivity index (χ1) is 13.6. The van der Waals surface area contributed by atoms with E-state index in [4.69, 9.17) is 0 Å². The predicted molar refractivity (Wildman–Crippen MR) is 93.4 cm³/mol. The number of carboxylic acids is 1. The SMILES string of the molecule is Cc1c(O)n(-c2ccc(OC(F)(F)F)cc2)c(=O)n1Cc1ccncc1C(=O)O. The van der Waals surface area contributed by atoms with Gasteiger partial charge in [0, 0.05) is 12.4 Å². The van der Waals surface area contributed by atoms with Crippen molar-refractivity contribution in [1.29, 1.82) is 0 Å². The fourth-order valence-electron chi connectivity index (χ4n) is 2.78. The molecule has 0 saturated carbocycles. The van der Waals surface area contributed by atoms with Crippen molar-refractivity contribution < 1.29 is 32.9 Å². The standard InChI is InChI=1S/C18H14F3N3O5/c1-10-15(25)24(12-2-4-13(5-3-12)29-18(19,20)21)17(28)23(10)9-11-6-7-22-8-14(11)16(26)27/h2-8,25H,9H2,1H3,(H,26,27). The van der Waals surface area contributed by atoms with E-state index in [1.165, 1.54) is 31.3 Å². The van der Waals surface area contributed by atoms with E-state index in [1.807, 2.05) is 0 Å². The summed E-state index contributed by atoms with van der Waals surface area (Å²) in [6, 6.07) is 5.81. The highest BCUT2D eigenvalue weighted by Crippen LogP contribution is 2.26. The number of pyridine rings is 1. The Hall–Kier alpha value is -3.76. The highest BCUT2D eigenvalue weighted by molar-refractivity contribution is 5.88. The molecule has 0 radical (unpaired) electrons. The molecule has 2 aromatic heterocycles. The number of aromatic hydroxyl groups is 1. The Morgan fingerprint density at radius 1 is 1.21 bits per heavy atom. The summed E-state index contributed by atoms with van der Waals surface area (Å²) in [5.74, 6) is -2.12. The third-order valence-electron chi connectivity index (χ3n) is 4.16. The molecule has 0 bridgehead atoms. The second-order valence-corrected chi connectivity index (χ2v) is 5.99. The van der Waals surface area contributed by atoms with E-state index in [0.717, 1.165) is 27.5 Å². The number of aromatic nitrogens is 3. The summed E-state index contributed by atoms with van der Waals surface area (Å²) in [6.07, 6.45) is -2.33. The van der Waals surface area contributed by atoms with Crippen molar-refractivity contribution in [2.45, 2.75) is 19.8 Å². The summed E-state index contributed by atoms with van der Waals surface area (Å²) in [6.45, 7) is 1.31. The lowest BCUT2D eigenvalue weighted by atomic mass is 10.1. The van der Waals surface area contributed by atoms with Gasteiger partial charge in [-0.3, -0.25) is 9.55 Å². The van der Waals surface area contributed by atoms with Crippen LogP contribution < -0.4 is 10.4 Å². The first kappa shape index (κ1) is 20.0. The monoisotopic (exact) mass is 409 g/mol. The van der Waals surface area contributed by atoms with Crippen LogP contribution in [0.25, 0.3) is 5.69 Å². The van der Waals surface area contributed by atoms with Gasteiger partial charge < -0.3 is 14.9 Å². The number of carboxylic acid groups (broad SMARTS) is 1. The number of hydrogen-bond acceptors (Lipinski definition) is 5. The molecule has 0 aliphatic rings. The molecule has 0 aliphatic carbocycles. The lowest BCUT2D eigenvalue weighted by molar-refractivity contribution is -0.274. The molecule has 0 spiro atoms. The zero-order valence-corrected chi connectivity index (χ0v) is 14.8. The van der Waals surface area contributed by atoms with Crippen molar-refractivity contribution in [1.82, 2.24) is 14.1 Å². The fraction of sp³-hybridized carbons (Fsp3) is 0.167. The van der Waals surface area contributed by atoms with E-state index >= 15 is 0 Å². The molecule has 29 heavy (non-hydrogen) atoms. The van der Waals surface area contributed by atoms with Crippen LogP contribution in [0.1, 0.15) is 21.6 Å². The van der Waals surface area contributed by atoms with Crippen LogP contribution in [0.5, 0.6) is 11.6 Å². The molecule has 11 heteroatoms. The number of aromatic carboxylic acids is 1. The zero-order chi connectivity index (χ0) is 21.3. The fourth-order valence-corrected chi connectivity index (χ4v) is 2.78. The van der Waals surface area contributed by atoms with Gasteiger partial charge in [0.05, 0.1) is 23.5 Å². The highest BCUT2D eigenvalue weighted by atomic mass is 19.4. The summed E-state index contributed by atoms with van der Waals surface area (Å²) in [7, 11) is 0. The van der Waals surface area contributed by atoms with Crippen LogP contribution in [0, 0.1) is 6.92 Å². The van der Waals surface area contributed by atoms with E-state index in [1.54, 1.807) is 0 Å². The minimum Gasteiger partial charge on any atom is -0.493 e. The largest absolute Gasteiger partial charge is 0.573 e. The number of alkyl halides is 3. The Labute approximate surface area is 161 Å². The van der Waals surface area contributed by atoms with Crippen LogP contribution in [0.4, 0.5) is 13.2 Å². The van der Waals surface area contributed by atoms with Gasteiger partial charge in [0.15, 0.2) is 0 Å². The van der Waals surface area contributed by atoms with Gasteiger partial charge in [-0.2, -0.15) is 0 Å². The van der Waals surface area contributed by atoms with Crippen LogP contribution in [-0.2, 0) is 6.54 Å². The van der Waals surface area contributed by atoms with Gasteiger partial charge in [0.25, 0.3) is 0 Å². The Balaban J connectivity index is 2.00. The van der Waals surface area contributed by atoms with Crippen molar-refractivity contribution in [3.8, 4) is 17.3 Å². The molecular weight excluding hydrogens is 395 g/mol. The molecule has 2 heterocycles. The summed E-state index contributed by atoms with van der Waals surface area (Å²) >= 11 is 0. The number of rotatable bonds is 5. The van der Waals surface area contributed by atoms with Gasteiger partial charge in [0.2, 0.25) is 5.88 Å². The first-order valence-electron chi connectivity index (χ1n) is 8.12. The van der Waals surface area contributed by atoms with Crippen molar-refractivity contribution in [2.75, 3.05) is 0 Å². The van der Waals surface area contributed by atoms with Crippen molar-refractivity contribution in [2.24, 2.45) is 0 Å². The quantitative estimate of drug-likeness (QED) is 0.671. The maximum absolute atomic E-state index is 12.8. The zero-order valence-electron chi connectivity index (χ0n) is 14.8. The molecule has 3 rings (SSSR count). The molecular formula is C18H14F3N3O5. The van der Waals surface area contributed by atoms with Gasteiger partial charge in [-0.1, -0.05) is 0 Å². The van der Waals surface area contributed by atoms with E-state index in [-0.39, 0.29) is 23.5 Å². The molecule has 0 fully saturated rings. The van der Waals surface area contributed by atoms with Gasteiger partial charge in [-0.05, 0) is 42.8 Å². The second kappa shape index (κ2) is 7.34. The van der Waals surface area contributed by atoms with Crippen LogP contribution in [0.2, 0.25) is 0 Å². The summed E-state index contributed by atoms with van der Waals surface area (Å²) in [5.41, 5.74) is -0.239. The van der Waals surface area contributed by atoms with Gasteiger partial charge in [-0.15, -0.1) is 13.2 Å². The van der Waals surface area contributed by atoms with Crippen LogP contribution in [0.15, 0.2) is 47.5 Å². The smallest absolute Gasteiger partial charge is 0.493 e. The molecule has 0 amide bonds. The number of imidazole rings is 1. The van der Waals surface area contributed by atoms with Crippen molar-refractivity contribution in [3.05, 3.63) is 70.0 Å². The lowest BCUT2D eigenvalue weighted by Gasteiger charge is -2.09. The predicted octanol–water partition coefficient (Wildman–Crippen LogP) is 2.69. The van der Waals surface area contributed by atoms with E-state index < -0.39 is 29.7 Å². The maximum Gasteiger partial charge on any atom is 0.573 e. The molecule has 8 nitrogen and oxygen atoms in total. The number of nitrogens with zero attached hydrogens (tertiary/aromatic N) is 3. The topological polar surface area (TPSA) is 107 Å². The van der Waals surface area contributed by atoms with E-state index in [0.29, 0.717) is 5.56 Å². The highest BCUT2D eigenvalue weighted by Gasteiger charge is 2.31. The van der Waals surface area contributed by atoms with Crippen LogP contribution >= 0.6 is 0 Å². The maximum atomic E-state index is 12.8. The average Bonchev–Trinajstić information content (AvgIpc) is 2.85. The minimum absolute atomic E-state index is 0.0975. The van der Waals surface area contributed by atoms with Crippen LogP contribution in [-0.4, -0.2) is 36.7 Å². The Bertz CT molecular complexity index is 1120.